The standard InChI is InChI=1S/C25H24N4O4S/c1-25(2,32)8-6-16-4-5-22-21(12-16)29(3)24(31)20(13-33-22)28-23(30)19-11-17(7-9-26-19)10-18-14-34-15-27-18/h4-5,7,9,11-12,14-15,20,32H,10,13H2,1-3H3,(H,28,30)/t20-/m0/s1. The van der Waals surface area contributed by atoms with E-state index in [1.807, 2.05) is 11.4 Å². The molecule has 1 atom stereocenters. The highest BCUT2D eigenvalue weighted by Crippen LogP contribution is 2.31. The Labute approximate surface area is 201 Å². The molecule has 8 nitrogen and oxygen atoms in total. The SMILES string of the molecule is CN1C(=O)[C@@H](NC(=O)c2cc(Cc3cscn3)ccn2)COc2ccc(C#CC(C)(C)O)cc21. The van der Waals surface area contributed by atoms with Crippen LogP contribution >= 0.6 is 11.3 Å². The maximum absolute atomic E-state index is 13.1. The number of thiazole rings is 1. The molecule has 0 fully saturated rings. The van der Waals surface area contributed by atoms with Gasteiger partial charge in [-0.1, -0.05) is 11.8 Å². The van der Waals surface area contributed by atoms with E-state index in [1.54, 1.807) is 56.9 Å². The molecule has 1 aromatic carbocycles. The quantitative estimate of drug-likeness (QED) is 0.561. The van der Waals surface area contributed by atoms with Crippen molar-refractivity contribution in [1.82, 2.24) is 15.3 Å². The van der Waals surface area contributed by atoms with Gasteiger partial charge in [-0.15, -0.1) is 11.3 Å². The lowest BCUT2D eigenvalue weighted by Crippen LogP contribution is -2.49. The molecule has 2 aromatic heterocycles. The minimum Gasteiger partial charge on any atom is -0.489 e. The number of fused-ring (bicyclic) bond motifs is 1. The van der Waals surface area contributed by atoms with Crippen molar-refractivity contribution in [1.29, 1.82) is 0 Å². The number of ether oxygens (including phenoxy) is 1. The molecule has 0 spiro atoms. The molecule has 3 heterocycles. The van der Waals surface area contributed by atoms with E-state index in [4.69, 9.17) is 4.74 Å². The van der Waals surface area contributed by atoms with E-state index >= 15 is 0 Å². The topological polar surface area (TPSA) is 105 Å². The predicted molar refractivity (Wildman–Crippen MR) is 129 cm³/mol. The Balaban J connectivity index is 1.49. The zero-order chi connectivity index (χ0) is 24.3. The average Bonchev–Trinajstić information content (AvgIpc) is 3.28. The molecule has 174 valence electrons. The molecule has 2 amide bonds. The monoisotopic (exact) mass is 476 g/mol. The van der Waals surface area contributed by atoms with E-state index in [0.717, 1.165) is 11.3 Å². The molecule has 4 rings (SSSR count). The van der Waals surface area contributed by atoms with Crippen LogP contribution in [0.1, 0.15) is 41.2 Å². The van der Waals surface area contributed by atoms with Crippen molar-refractivity contribution < 1.29 is 19.4 Å². The van der Waals surface area contributed by atoms with E-state index in [1.165, 1.54) is 16.2 Å². The summed E-state index contributed by atoms with van der Waals surface area (Å²) < 4.78 is 5.83. The van der Waals surface area contributed by atoms with Crippen LogP contribution in [0.5, 0.6) is 5.75 Å². The molecule has 0 unspecified atom stereocenters. The highest BCUT2D eigenvalue weighted by Gasteiger charge is 2.31. The van der Waals surface area contributed by atoms with Gasteiger partial charge >= 0.3 is 0 Å². The first-order valence-electron chi connectivity index (χ1n) is 10.6. The Bertz CT molecular complexity index is 1270. The van der Waals surface area contributed by atoms with Gasteiger partial charge in [0.1, 0.15) is 29.7 Å². The van der Waals surface area contributed by atoms with Gasteiger partial charge in [-0.25, -0.2) is 4.98 Å². The molecule has 1 aliphatic heterocycles. The fourth-order valence-electron chi connectivity index (χ4n) is 3.38. The summed E-state index contributed by atoms with van der Waals surface area (Å²) >= 11 is 1.51. The predicted octanol–water partition coefficient (Wildman–Crippen LogP) is 2.41. The summed E-state index contributed by atoms with van der Waals surface area (Å²) in [5.74, 6) is 5.38. The fourth-order valence-corrected chi connectivity index (χ4v) is 3.94. The average molecular weight is 477 g/mol. The molecule has 0 saturated carbocycles. The van der Waals surface area contributed by atoms with E-state index in [0.29, 0.717) is 23.4 Å². The zero-order valence-electron chi connectivity index (χ0n) is 19.0. The van der Waals surface area contributed by atoms with E-state index in [9.17, 15) is 14.7 Å². The second-order valence-electron chi connectivity index (χ2n) is 8.43. The van der Waals surface area contributed by atoms with Gasteiger partial charge in [0.15, 0.2) is 0 Å². The second-order valence-corrected chi connectivity index (χ2v) is 9.15. The number of nitrogens with one attached hydrogen (secondary N) is 1. The third-order valence-corrected chi connectivity index (χ3v) is 5.73. The lowest BCUT2D eigenvalue weighted by atomic mass is 10.1. The first-order chi connectivity index (χ1) is 16.2. The number of carbonyl (C=O) groups excluding carboxylic acids is 2. The maximum Gasteiger partial charge on any atom is 0.270 e. The summed E-state index contributed by atoms with van der Waals surface area (Å²) in [6, 6.07) is 7.84. The lowest BCUT2D eigenvalue weighted by Gasteiger charge is -2.20. The fraction of sp³-hybridized carbons (Fsp3) is 0.280. The Morgan fingerprint density at radius 3 is 2.88 bits per heavy atom. The Kier molecular flexibility index (Phi) is 6.63. The summed E-state index contributed by atoms with van der Waals surface area (Å²) in [5.41, 5.74) is 3.83. The van der Waals surface area contributed by atoms with E-state index < -0.39 is 17.6 Å². The molecule has 0 bridgehead atoms. The number of carbonyl (C=O) groups is 2. The maximum atomic E-state index is 13.1. The van der Waals surface area contributed by atoms with Crippen LogP contribution < -0.4 is 15.0 Å². The normalized spacial score (nSPS) is 15.5. The number of likely N-dealkylation sites (N-methyl/N-ethyl adjacent to an activating group) is 1. The van der Waals surface area contributed by atoms with Gasteiger partial charge in [-0.05, 0) is 49.7 Å². The molecular formula is C25H24N4O4S. The summed E-state index contributed by atoms with van der Waals surface area (Å²) in [6.07, 6.45) is 2.16. The Morgan fingerprint density at radius 2 is 2.15 bits per heavy atom. The van der Waals surface area contributed by atoms with Crippen LogP contribution in [-0.2, 0) is 11.2 Å². The minimum atomic E-state index is -1.13. The van der Waals surface area contributed by atoms with Crippen molar-refractivity contribution in [3.8, 4) is 17.6 Å². The molecule has 3 aromatic rings. The van der Waals surface area contributed by atoms with Crippen molar-refractivity contribution in [2.75, 3.05) is 18.6 Å². The van der Waals surface area contributed by atoms with Gasteiger partial charge in [0.05, 0.1) is 16.9 Å². The van der Waals surface area contributed by atoms with Crippen LogP contribution in [-0.4, -0.2) is 52.2 Å². The van der Waals surface area contributed by atoms with Crippen LogP contribution in [0.25, 0.3) is 0 Å². The number of rotatable bonds is 4. The van der Waals surface area contributed by atoms with Crippen LogP contribution in [0.3, 0.4) is 0 Å². The number of hydrogen-bond acceptors (Lipinski definition) is 7. The van der Waals surface area contributed by atoms with Gasteiger partial charge < -0.3 is 20.1 Å². The van der Waals surface area contributed by atoms with Crippen molar-refractivity contribution in [2.45, 2.75) is 31.9 Å². The highest BCUT2D eigenvalue weighted by atomic mass is 32.1. The number of anilines is 1. The summed E-state index contributed by atoms with van der Waals surface area (Å²) in [5, 5.41) is 14.5. The van der Waals surface area contributed by atoms with Crippen molar-refractivity contribution >= 4 is 28.8 Å². The third kappa shape index (κ3) is 5.60. The summed E-state index contributed by atoms with van der Waals surface area (Å²) in [4.78, 5) is 35.9. The third-order valence-electron chi connectivity index (χ3n) is 5.10. The molecule has 0 saturated heterocycles. The largest absolute Gasteiger partial charge is 0.489 e. The molecule has 9 heteroatoms. The minimum absolute atomic E-state index is 0.0187. The van der Waals surface area contributed by atoms with Crippen LogP contribution in [0, 0.1) is 11.8 Å². The molecular weight excluding hydrogens is 452 g/mol. The van der Waals surface area contributed by atoms with Crippen molar-refractivity contribution in [3.63, 3.8) is 0 Å². The number of benzene rings is 1. The number of aromatic nitrogens is 2. The first kappa shape index (κ1) is 23.4. The molecule has 0 aliphatic carbocycles. The number of nitrogens with zero attached hydrogens (tertiary/aromatic N) is 3. The van der Waals surface area contributed by atoms with Gasteiger partial charge in [0.2, 0.25) is 0 Å². The van der Waals surface area contributed by atoms with E-state index in [2.05, 4.69) is 27.1 Å². The Morgan fingerprint density at radius 1 is 1.32 bits per heavy atom. The summed E-state index contributed by atoms with van der Waals surface area (Å²) in [6.45, 7) is 3.17. The molecule has 0 radical (unpaired) electrons. The molecule has 1 aliphatic rings. The lowest BCUT2D eigenvalue weighted by molar-refractivity contribution is -0.120. The molecule has 34 heavy (non-hydrogen) atoms. The smallest absolute Gasteiger partial charge is 0.270 e. The van der Waals surface area contributed by atoms with E-state index in [-0.39, 0.29) is 18.2 Å². The van der Waals surface area contributed by atoms with Crippen molar-refractivity contribution in [2.24, 2.45) is 0 Å². The number of aliphatic hydroxyl groups is 1. The zero-order valence-corrected chi connectivity index (χ0v) is 19.8. The van der Waals surface area contributed by atoms with Gasteiger partial charge in [0.25, 0.3) is 11.8 Å². The Hall–Kier alpha value is -3.74. The van der Waals surface area contributed by atoms with Crippen LogP contribution in [0.4, 0.5) is 5.69 Å². The van der Waals surface area contributed by atoms with Gasteiger partial charge in [0, 0.05) is 30.6 Å². The van der Waals surface area contributed by atoms with Crippen LogP contribution in [0.2, 0.25) is 0 Å². The number of pyridine rings is 1. The van der Waals surface area contributed by atoms with Gasteiger partial charge in [-0.2, -0.15) is 0 Å². The van der Waals surface area contributed by atoms with Crippen LogP contribution in [0.15, 0.2) is 47.4 Å². The molecule has 2 N–H and O–H groups in total. The van der Waals surface area contributed by atoms with Gasteiger partial charge in [-0.3, -0.25) is 14.6 Å². The first-order valence-corrected chi connectivity index (χ1v) is 11.6. The second kappa shape index (κ2) is 9.63. The van der Waals surface area contributed by atoms with Crippen molar-refractivity contribution in [3.05, 3.63) is 69.9 Å². The number of amides is 2. The highest BCUT2D eigenvalue weighted by molar-refractivity contribution is 7.07. The summed E-state index contributed by atoms with van der Waals surface area (Å²) in [7, 11) is 1.62. The number of hydrogen-bond donors (Lipinski definition) is 2.